The molecule has 0 spiro atoms. The zero-order chi connectivity index (χ0) is 22.4. The first-order valence-electron chi connectivity index (χ1n) is 8.61. The van der Waals surface area contributed by atoms with Gasteiger partial charge in [0.2, 0.25) is 0 Å². The van der Waals surface area contributed by atoms with Gasteiger partial charge < -0.3 is 19.7 Å². The van der Waals surface area contributed by atoms with Gasteiger partial charge in [0.05, 0.1) is 11.1 Å². The second kappa shape index (κ2) is 9.68. The summed E-state index contributed by atoms with van der Waals surface area (Å²) in [7, 11) is 0. The van der Waals surface area contributed by atoms with Crippen molar-refractivity contribution in [3.63, 3.8) is 0 Å². The average molecular weight is 404 g/mol. The van der Waals surface area contributed by atoms with Crippen molar-refractivity contribution in [2.45, 2.75) is 27.2 Å². The minimum absolute atomic E-state index is 0.0251. The third kappa shape index (κ3) is 6.60. The SMILES string of the molecule is C=C(C)C(=O)OCC(C)(COC(=O)C(=C)C)Cc1cccc(C(=O)O)c1C(=O)O. The normalized spacial score (nSPS) is 10.7. The van der Waals surface area contributed by atoms with Crippen LogP contribution < -0.4 is 0 Å². The molecule has 0 bridgehead atoms. The lowest BCUT2D eigenvalue weighted by atomic mass is 9.82. The molecule has 0 atom stereocenters. The van der Waals surface area contributed by atoms with Gasteiger partial charge in [-0.25, -0.2) is 19.2 Å². The van der Waals surface area contributed by atoms with E-state index in [9.17, 15) is 29.4 Å². The lowest BCUT2D eigenvalue weighted by molar-refractivity contribution is -0.148. The molecule has 8 heteroatoms. The van der Waals surface area contributed by atoms with E-state index in [1.54, 1.807) is 6.92 Å². The van der Waals surface area contributed by atoms with Crippen LogP contribution in [-0.2, 0) is 25.5 Å². The Kier molecular flexibility index (Phi) is 7.88. The smallest absolute Gasteiger partial charge is 0.336 e. The van der Waals surface area contributed by atoms with Crippen molar-refractivity contribution < 1.29 is 38.9 Å². The first-order valence-corrected chi connectivity index (χ1v) is 8.61. The van der Waals surface area contributed by atoms with E-state index in [0.29, 0.717) is 0 Å². The van der Waals surface area contributed by atoms with Gasteiger partial charge in [-0.2, -0.15) is 0 Å². The molecule has 0 saturated carbocycles. The third-order valence-corrected chi connectivity index (χ3v) is 4.01. The number of carboxylic acids is 2. The van der Waals surface area contributed by atoms with Gasteiger partial charge in [-0.05, 0) is 31.9 Å². The van der Waals surface area contributed by atoms with Crippen molar-refractivity contribution in [3.8, 4) is 0 Å². The number of carboxylic acid groups (broad SMARTS) is 2. The van der Waals surface area contributed by atoms with Crippen molar-refractivity contribution in [1.82, 2.24) is 0 Å². The van der Waals surface area contributed by atoms with Crippen LogP contribution in [0.1, 0.15) is 47.1 Å². The summed E-state index contributed by atoms with van der Waals surface area (Å²) < 4.78 is 10.4. The lowest BCUT2D eigenvalue weighted by Crippen LogP contribution is -2.34. The monoisotopic (exact) mass is 404 g/mol. The molecule has 2 N–H and O–H groups in total. The Morgan fingerprint density at radius 3 is 1.79 bits per heavy atom. The van der Waals surface area contributed by atoms with Crippen molar-refractivity contribution in [2.75, 3.05) is 13.2 Å². The number of hydrogen-bond donors (Lipinski definition) is 2. The molecule has 0 aliphatic carbocycles. The average Bonchev–Trinajstić information content (AvgIpc) is 2.63. The van der Waals surface area contributed by atoms with Crippen LogP contribution in [0.25, 0.3) is 0 Å². The maximum Gasteiger partial charge on any atom is 0.336 e. The third-order valence-electron chi connectivity index (χ3n) is 4.01. The largest absolute Gasteiger partial charge is 0.478 e. The van der Waals surface area contributed by atoms with Gasteiger partial charge in [0.1, 0.15) is 13.2 Å². The van der Waals surface area contributed by atoms with Crippen LogP contribution in [0.15, 0.2) is 42.5 Å². The van der Waals surface area contributed by atoms with Gasteiger partial charge in [0.15, 0.2) is 0 Å². The van der Waals surface area contributed by atoms with Crippen molar-refractivity contribution >= 4 is 23.9 Å². The summed E-state index contributed by atoms with van der Waals surface area (Å²) in [6, 6.07) is 4.08. The van der Waals surface area contributed by atoms with Gasteiger partial charge in [-0.1, -0.05) is 32.2 Å². The Morgan fingerprint density at radius 1 is 0.931 bits per heavy atom. The van der Waals surface area contributed by atoms with E-state index in [-0.39, 0.29) is 47.5 Å². The number of rotatable bonds is 10. The quantitative estimate of drug-likeness (QED) is 0.450. The Balaban J connectivity index is 3.27. The molecule has 0 heterocycles. The summed E-state index contributed by atoms with van der Waals surface area (Å²) >= 11 is 0. The minimum atomic E-state index is -1.40. The van der Waals surface area contributed by atoms with Crippen LogP contribution in [0.2, 0.25) is 0 Å². The first-order chi connectivity index (χ1) is 13.4. The Morgan fingerprint density at radius 2 is 1.41 bits per heavy atom. The fourth-order valence-electron chi connectivity index (χ4n) is 2.51. The maximum atomic E-state index is 11.8. The molecular weight excluding hydrogens is 380 g/mol. The minimum Gasteiger partial charge on any atom is -0.478 e. The second-order valence-electron chi connectivity index (χ2n) is 7.15. The summed E-state index contributed by atoms with van der Waals surface area (Å²) in [6.07, 6.45) is -0.0251. The van der Waals surface area contributed by atoms with Crippen LogP contribution >= 0.6 is 0 Å². The number of hydrogen-bond acceptors (Lipinski definition) is 6. The van der Waals surface area contributed by atoms with Crippen molar-refractivity contribution in [1.29, 1.82) is 0 Å². The van der Waals surface area contributed by atoms with Crippen LogP contribution in [0.5, 0.6) is 0 Å². The summed E-state index contributed by atoms with van der Waals surface area (Å²) in [4.78, 5) is 46.7. The standard InChI is InChI=1S/C21H24O8/c1-12(2)19(26)28-10-21(5,11-29-20(27)13(3)4)9-14-7-6-8-15(17(22)23)16(14)18(24)25/h6-8H,1,3,9-11H2,2,4-5H3,(H,22,23)(H,24,25). The lowest BCUT2D eigenvalue weighted by Gasteiger charge is -2.29. The number of carbonyl (C=O) groups excluding carboxylic acids is 2. The van der Waals surface area contributed by atoms with E-state index in [4.69, 9.17) is 9.47 Å². The molecular formula is C21H24O8. The molecule has 0 amide bonds. The van der Waals surface area contributed by atoms with Gasteiger partial charge in [0.25, 0.3) is 0 Å². The predicted octanol–water partition coefficient (Wildman–Crippen LogP) is 2.87. The zero-order valence-electron chi connectivity index (χ0n) is 16.6. The fourth-order valence-corrected chi connectivity index (χ4v) is 2.51. The Hall–Kier alpha value is -3.42. The number of aromatic carboxylic acids is 2. The highest BCUT2D eigenvalue weighted by atomic mass is 16.5. The van der Waals surface area contributed by atoms with Crippen LogP contribution in [0.4, 0.5) is 0 Å². The number of carbonyl (C=O) groups is 4. The molecule has 0 radical (unpaired) electrons. The van der Waals surface area contributed by atoms with Crippen molar-refractivity contribution in [2.24, 2.45) is 5.41 Å². The molecule has 0 saturated heterocycles. The van der Waals surface area contributed by atoms with Gasteiger partial charge in [-0.3, -0.25) is 0 Å². The topological polar surface area (TPSA) is 127 Å². The molecule has 29 heavy (non-hydrogen) atoms. The molecule has 8 nitrogen and oxygen atoms in total. The molecule has 0 aliphatic rings. The molecule has 0 fully saturated rings. The first kappa shape index (κ1) is 23.6. The molecule has 0 aromatic heterocycles. The van der Waals surface area contributed by atoms with Crippen LogP contribution in [0.3, 0.4) is 0 Å². The predicted molar refractivity (Wildman–Crippen MR) is 104 cm³/mol. The molecule has 1 aromatic carbocycles. The molecule has 1 rings (SSSR count). The molecule has 156 valence electrons. The number of benzene rings is 1. The van der Waals surface area contributed by atoms with Gasteiger partial charge in [-0.15, -0.1) is 0 Å². The summed E-state index contributed by atoms with van der Waals surface area (Å²) in [5.41, 5.74) is -1.22. The maximum absolute atomic E-state index is 11.8. The summed E-state index contributed by atoms with van der Waals surface area (Å²) in [6.45, 7) is 11.1. The molecule has 1 aromatic rings. The van der Waals surface area contributed by atoms with E-state index < -0.39 is 29.3 Å². The van der Waals surface area contributed by atoms with E-state index >= 15 is 0 Å². The Labute approximate surface area is 168 Å². The van der Waals surface area contributed by atoms with E-state index in [1.807, 2.05) is 0 Å². The summed E-state index contributed by atoms with van der Waals surface area (Å²) in [5.74, 6) is -4.09. The van der Waals surface area contributed by atoms with E-state index in [1.165, 1.54) is 32.0 Å². The highest BCUT2D eigenvalue weighted by molar-refractivity contribution is 6.02. The Bertz CT molecular complexity index is 835. The summed E-state index contributed by atoms with van der Waals surface area (Å²) in [5, 5.41) is 18.8. The van der Waals surface area contributed by atoms with Crippen LogP contribution in [-0.4, -0.2) is 47.3 Å². The fraction of sp³-hybridized carbons (Fsp3) is 0.333. The highest BCUT2D eigenvalue weighted by Crippen LogP contribution is 2.28. The van der Waals surface area contributed by atoms with Gasteiger partial charge in [0, 0.05) is 16.6 Å². The van der Waals surface area contributed by atoms with Gasteiger partial charge >= 0.3 is 23.9 Å². The zero-order valence-corrected chi connectivity index (χ0v) is 16.6. The number of ether oxygens (including phenoxy) is 2. The molecule has 0 aliphatic heterocycles. The highest BCUT2D eigenvalue weighted by Gasteiger charge is 2.32. The van der Waals surface area contributed by atoms with E-state index in [2.05, 4.69) is 13.2 Å². The van der Waals surface area contributed by atoms with E-state index in [0.717, 1.165) is 0 Å². The van der Waals surface area contributed by atoms with Crippen LogP contribution in [0, 0.1) is 5.41 Å². The van der Waals surface area contributed by atoms with Crippen molar-refractivity contribution in [3.05, 3.63) is 59.2 Å². The second-order valence-corrected chi connectivity index (χ2v) is 7.15. The number of esters is 2. The molecule has 0 unspecified atom stereocenters.